The van der Waals surface area contributed by atoms with Crippen molar-refractivity contribution in [3.05, 3.63) is 0 Å². The van der Waals surface area contributed by atoms with Crippen LogP contribution in [0.15, 0.2) is 0 Å². The van der Waals surface area contributed by atoms with Gasteiger partial charge in [0.25, 0.3) is 0 Å². The van der Waals surface area contributed by atoms with Crippen molar-refractivity contribution < 1.29 is 29.1 Å². The molecule has 0 saturated heterocycles. The number of hydrogen-bond donors (Lipinski definition) is 7. The first-order chi connectivity index (χ1) is 13.8. The van der Waals surface area contributed by atoms with Crippen LogP contribution in [0.5, 0.6) is 0 Å². The van der Waals surface area contributed by atoms with Crippen molar-refractivity contribution in [2.75, 3.05) is 5.75 Å². The molecule has 0 aliphatic rings. The zero-order chi connectivity index (χ0) is 23.6. The molecule has 0 aliphatic carbocycles. The van der Waals surface area contributed by atoms with Crippen LogP contribution in [0.2, 0.25) is 0 Å². The molecular weight excluding hydrogens is 414 g/mol. The first-order valence-corrected chi connectivity index (χ1v) is 10.3. The summed E-state index contributed by atoms with van der Waals surface area (Å²) in [4.78, 5) is 60.1. The van der Waals surface area contributed by atoms with Gasteiger partial charge in [-0.05, 0) is 11.8 Å². The molecule has 30 heavy (non-hydrogen) atoms. The fourth-order valence-electron chi connectivity index (χ4n) is 2.38. The molecule has 0 aromatic heterocycles. The highest BCUT2D eigenvalue weighted by Gasteiger charge is 2.33. The maximum Gasteiger partial charge on any atom is 0.327 e. The first-order valence-electron chi connectivity index (χ1n) is 9.64. The standard InChI is InChI=1S/C18H33N5O6S/c1-5-9(4)14(23-16(26)13(20)8(2)3)17(27)21-10(6-12(19)24)15(25)22-11(7-30)18(28)29/h8-11,13-14,30H,5-7,20H2,1-4H3,(H2,19,24)(H,21,27)(H,22,25)(H,23,26)(H,28,29). The summed E-state index contributed by atoms with van der Waals surface area (Å²) in [5.74, 6) is -5.01. The molecule has 5 atom stereocenters. The minimum atomic E-state index is -1.42. The van der Waals surface area contributed by atoms with Crippen molar-refractivity contribution in [3.8, 4) is 0 Å². The number of carbonyl (C=O) groups is 5. The summed E-state index contributed by atoms with van der Waals surface area (Å²) in [5.41, 5.74) is 11.0. The van der Waals surface area contributed by atoms with Gasteiger partial charge in [-0.15, -0.1) is 0 Å². The molecule has 0 bridgehead atoms. The van der Waals surface area contributed by atoms with Crippen LogP contribution in [0.1, 0.15) is 40.5 Å². The van der Waals surface area contributed by atoms with Gasteiger partial charge in [0.05, 0.1) is 12.5 Å². The molecule has 0 aromatic carbocycles. The molecule has 0 rings (SSSR count). The third kappa shape index (κ3) is 8.99. The average molecular weight is 448 g/mol. The molecule has 172 valence electrons. The van der Waals surface area contributed by atoms with Crippen molar-refractivity contribution in [2.45, 2.75) is 64.7 Å². The highest BCUT2D eigenvalue weighted by molar-refractivity contribution is 7.80. The Morgan fingerprint density at radius 2 is 1.47 bits per heavy atom. The van der Waals surface area contributed by atoms with E-state index in [1.807, 2.05) is 6.92 Å². The molecule has 4 amide bonds. The minimum absolute atomic E-state index is 0.159. The Morgan fingerprint density at radius 1 is 0.933 bits per heavy atom. The Labute approximate surface area is 181 Å². The molecule has 0 aromatic rings. The SMILES string of the molecule is CCC(C)C(NC(=O)C(N)C(C)C)C(=O)NC(CC(N)=O)C(=O)NC(CS)C(=O)O. The molecule has 8 N–H and O–H groups in total. The molecule has 12 heteroatoms. The second-order valence-electron chi connectivity index (χ2n) is 7.46. The van der Waals surface area contributed by atoms with E-state index < -0.39 is 60.2 Å². The summed E-state index contributed by atoms with van der Waals surface area (Å²) < 4.78 is 0. The number of primary amides is 1. The fourth-order valence-corrected chi connectivity index (χ4v) is 2.63. The quantitative estimate of drug-likeness (QED) is 0.164. The molecule has 0 spiro atoms. The van der Waals surface area contributed by atoms with Gasteiger partial charge < -0.3 is 32.5 Å². The second-order valence-corrected chi connectivity index (χ2v) is 7.82. The summed E-state index contributed by atoms with van der Waals surface area (Å²) >= 11 is 3.85. The van der Waals surface area contributed by atoms with Gasteiger partial charge in [0, 0.05) is 5.75 Å². The van der Waals surface area contributed by atoms with Gasteiger partial charge >= 0.3 is 5.97 Å². The molecular formula is C18H33N5O6S. The predicted octanol–water partition coefficient (Wildman–Crippen LogP) is -1.64. The van der Waals surface area contributed by atoms with Gasteiger partial charge in [-0.1, -0.05) is 34.1 Å². The van der Waals surface area contributed by atoms with E-state index in [-0.39, 0.29) is 17.6 Å². The van der Waals surface area contributed by atoms with Gasteiger partial charge in [-0.2, -0.15) is 12.6 Å². The lowest BCUT2D eigenvalue weighted by Crippen LogP contribution is -2.59. The van der Waals surface area contributed by atoms with E-state index >= 15 is 0 Å². The van der Waals surface area contributed by atoms with Gasteiger partial charge in [0.2, 0.25) is 23.6 Å². The molecule has 0 saturated carbocycles. The van der Waals surface area contributed by atoms with Crippen molar-refractivity contribution in [2.24, 2.45) is 23.3 Å². The number of amides is 4. The van der Waals surface area contributed by atoms with Crippen LogP contribution in [0, 0.1) is 11.8 Å². The maximum absolute atomic E-state index is 12.8. The number of carboxylic acids is 1. The summed E-state index contributed by atoms with van der Waals surface area (Å²) in [6, 6.07) is -4.59. The van der Waals surface area contributed by atoms with Gasteiger partial charge in [-0.3, -0.25) is 19.2 Å². The van der Waals surface area contributed by atoms with Crippen molar-refractivity contribution in [1.29, 1.82) is 0 Å². The second kappa shape index (κ2) is 13.1. The lowest BCUT2D eigenvalue weighted by atomic mass is 9.96. The van der Waals surface area contributed by atoms with E-state index in [4.69, 9.17) is 16.6 Å². The number of nitrogens with two attached hydrogens (primary N) is 2. The third-order valence-corrected chi connectivity index (χ3v) is 5.01. The summed E-state index contributed by atoms with van der Waals surface area (Å²) in [6.07, 6.45) is -0.0220. The normalized spacial score (nSPS) is 16.0. The number of hydrogen-bond acceptors (Lipinski definition) is 7. The average Bonchev–Trinajstić information content (AvgIpc) is 2.66. The van der Waals surface area contributed by atoms with E-state index in [2.05, 4.69) is 28.6 Å². The summed E-state index contributed by atoms with van der Waals surface area (Å²) in [7, 11) is 0. The van der Waals surface area contributed by atoms with Crippen molar-refractivity contribution >= 4 is 42.2 Å². The monoisotopic (exact) mass is 447 g/mol. The van der Waals surface area contributed by atoms with E-state index in [1.165, 1.54) is 0 Å². The number of carbonyl (C=O) groups excluding carboxylic acids is 4. The zero-order valence-corrected chi connectivity index (χ0v) is 18.6. The number of rotatable bonds is 13. The minimum Gasteiger partial charge on any atom is -0.480 e. The molecule has 5 unspecified atom stereocenters. The first kappa shape index (κ1) is 27.7. The van der Waals surface area contributed by atoms with Crippen LogP contribution in [-0.4, -0.2) is 64.6 Å². The topological polar surface area (TPSA) is 194 Å². The number of thiol groups is 1. The van der Waals surface area contributed by atoms with E-state index in [0.29, 0.717) is 6.42 Å². The lowest BCUT2D eigenvalue weighted by Gasteiger charge is -2.28. The molecule has 0 radical (unpaired) electrons. The van der Waals surface area contributed by atoms with Crippen LogP contribution in [0.3, 0.4) is 0 Å². The summed E-state index contributed by atoms with van der Waals surface area (Å²) in [5, 5.41) is 16.2. The van der Waals surface area contributed by atoms with Crippen LogP contribution >= 0.6 is 12.6 Å². The van der Waals surface area contributed by atoms with Crippen molar-refractivity contribution in [3.63, 3.8) is 0 Å². The van der Waals surface area contributed by atoms with Gasteiger partial charge in [0.1, 0.15) is 18.1 Å². The highest BCUT2D eigenvalue weighted by Crippen LogP contribution is 2.10. The largest absolute Gasteiger partial charge is 0.480 e. The smallest absolute Gasteiger partial charge is 0.327 e. The van der Waals surface area contributed by atoms with E-state index in [1.54, 1.807) is 20.8 Å². The maximum atomic E-state index is 12.8. The zero-order valence-electron chi connectivity index (χ0n) is 17.7. The fraction of sp³-hybridized carbons (Fsp3) is 0.722. The van der Waals surface area contributed by atoms with E-state index in [9.17, 15) is 24.0 Å². The van der Waals surface area contributed by atoms with Gasteiger partial charge in [-0.25, -0.2) is 4.79 Å². The Morgan fingerprint density at radius 3 is 1.87 bits per heavy atom. The number of nitrogens with one attached hydrogen (secondary N) is 3. The molecule has 11 nitrogen and oxygen atoms in total. The Bertz CT molecular complexity index is 645. The highest BCUT2D eigenvalue weighted by atomic mass is 32.1. The predicted molar refractivity (Wildman–Crippen MR) is 113 cm³/mol. The number of carboxylic acid groups (broad SMARTS) is 1. The van der Waals surface area contributed by atoms with Crippen LogP contribution in [0.4, 0.5) is 0 Å². The number of aliphatic carboxylic acids is 1. The van der Waals surface area contributed by atoms with E-state index in [0.717, 1.165) is 0 Å². The molecule has 0 fully saturated rings. The van der Waals surface area contributed by atoms with Crippen LogP contribution < -0.4 is 27.4 Å². The Kier molecular flexibility index (Phi) is 12.0. The van der Waals surface area contributed by atoms with Crippen LogP contribution in [0.25, 0.3) is 0 Å². The van der Waals surface area contributed by atoms with Crippen molar-refractivity contribution in [1.82, 2.24) is 16.0 Å². The van der Waals surface area contributed by atoms with Crippen LogP contribution in [-0.2, 0) is 24.0 Å². The molecule has 0 heterocycles. The Hall–Kier alpha value is -2.34. The lowest BCUT2D eigenvalue weighted by molar-refractivity contribution is -0.141. The third-order valence-electron chi connectivity index (χ3n) is 4.65. The van der Waals surface area contributed by atoms with Gasteiger partial charge in [0.15, 0.2) is 0 Å². The molecule has 0 aliphatic heterocycles. The Balaban J connectivity index is 5.51. The summed E-state index contributed by atoms with van der Waals surface area (Å²) in [6.45, 7) is 7.07.